The van der Waals surface area contributed by atoms with E-state index in [9.17, 15) is 9.59 Å². The van der Waals surface area contributed by atoms with Crippen molar-refractivity contribution in [3.8, 4) is 0 Å². The van der Waals surface area contributed by atoms with Crippen LogP contribution in [0.15, 0.2) is 77.3 Å². The molecule has 1 aliphatic carbocycles. The van der Waals surface area contributed by atoms with Crippen molar-refractivity contribution in [3.63, 3.8) is 0 Å². The van der Waals surface area contributed by atoms with Gasteiger partial charge in [-0.2, -0.15) is 0 Å². The summed E-state index contributed by atoms with van der Waals surface area (Å²) in [6.07, 6.45) is 5.89. The standard InChI is InChI=1S/C31H33BrCl2N2O2S/c32-25-14-11-23(12-15-25)19-36(30(37)21-39-20-24-13-16-26(33)18-28(24)34)29(17-22-7-3-1-4-8-22)31(38)35-27-9-5-2-6-10-27/h1,3-4,7-8,11-16,18,27,29H,2,5-6,9-10,17,19-21H2,(H,35,38)/t29-/m1/s1. The molecule has 0 aliphatic heterocycles. The number of rotatable bonds is 11. The molecule has 1 aliphatic rings. The predicted molar refractivity (Wildman–Crippen MR) is 166 cm³/mol. The molecule has 4 rings (SSSR count). The molecule has 39 heavy (non-hydrogen) atoms. The lowest BCUT2D eigenvalue weighted by molar-refractivity contribution is -0.139. The first-order valence-electron chi connectivity index (χ1n) is 13.3. The predicted octanol–water partition coefficient (Wildman–Crippen LogP) is 8.08. The minimum Gasteiger partial charge on any atom is -0.352 e. The lowest BCUT2D eigenvalue weighted by atomic mass is 9.94. The average Bonchev–Trinajstić information content (AvgIpc) is 2.94. The molecule has 0 aromatic heterocycles. The number of hydrogen-bond donors (Lipinski definition) is 1. The Kier molecular flexibility index (Phi) is 11.6. The van der Waals surface area contributed by atoms with Gasteiger partial charge in [0, 0.05) is 39.3 Å². The lowest BCUT2D eigenvalue weighted by Gasteiger charge is -2.33. The maximum atomic E-state index is 13.8. The second-order valence-electron chi connectivity index (χ2n) is 9.93. The summed E-state index contributed by atoms with van der Waals surface area (Å²) in [6, 6.07) is 22.8. The number of halogens is 3. The zero-order valence-electron chi connectivity index (χ0n) is 21.8. The summed E-state index contributed by atoms with van der Waals surface area (Å²) in [5.41, 5.74) is 2.92. The van der Waals surface area contributed by atoms with Gasteiger partial charge in [-0.1, -0.05) is 107 Å². The number of thioether (sulfide) groups is 1. The van der Waals surface area contributed by atoms with Crippen molar-refractivity contribution in [2.75, 3.05) is 5.75 Å². The molecular weight excluding hydrogens is 615 g/mol. The van der Waals surface area contributed by atoms with Crippen LogP contribution in [0.25, 0.3) is 0 Å². The van der Waals surface area contributed by atoms with Crippen LogP contribution < -0.4 is 5.32 Å². The van der Waals surface area contributed by atoms with E-state index in [0.717, 1.165) is 46.8 Å². The Balaban J connectivity index is 1.56. The second kappa shape index (κ2) is 15.1. The molecule has 1 N–H and O–H groups in total. The maximum Gasteiger partial charge on any atom is 0.243 e. The molecule has 0 heterocycles. The van der Waals surface area contributed by atoms with E-state index < -0.39 is 6.04 Å². The number of carbonyl (C=O) groups excluding carboxylic acids is 2. The van der Waals surface area contributed by atoms with E-state index in [1.54, 1.807) is 17.0 Å². The summed E-state index contributed by atoms with van der Waals surface area (Å²) in [5.74, 6) is 0.651. The minimum atomic E-state index is -0.620. The summed E-state index contributed by atoms with van der Waals surface area (Å²) >= 11 is 17.4. The van der Waals surface area contributed by atoms with E-state index in [0.29, 0.717) is 28.8 Å². The van der Waals surface area contributed by atoms with Gasteiger partial charge in [-0.05, 0) is 53.8 Å². The molecule has 0 spiro atoms. The molecule has 3 aromatic rings. The normalized spacial score (nSPS) is 14.5. The van der Waals surface area contributed by atoms with E-state index in [2.05, 4.69) is 21.2 Å². The van der Waals surface area contributed by atoms with Crippen LogP contribution in [0.4, 0.5) is 0 Å². The summed E-state index contributed by atoms with van der Waals surface area (Å²) in [5, 5.41) is 4.45. The Hall–Kier alpha value is -1.99. The largest absolute Gasteiger partial charge is 0.352 e. The lowest BCUT2D eigenvalue weighted by Crippen LogP contribution is -2.53. The molecule has 0 unspecified atom stereocenters. The van der Waals surface area contributed by atoms with Crippen molar-refractivity contribution in [2.45, 2.75) is 62.9 Å². The zero-order valence-corrected chi connectivity index (χ0v) is 25.7. The molecule has 8 heteroatoms. The van der Waals surface area contributed by atoms with Crippen LogP contribution in [0.1, 0.15) is 48.8 Å². The summed E-state index contributed by atoms with van der Waals surface area (Å²) in [4.78, 5) is 29.4. The molecule has 1 saturated carbocycles. The highest BCUT2D eigenvalue weighted by molar-refractivity contribution is 9.10. The average molecular weight is 648 g/mol. The SMILES string of the molecule is O=C(NC1CCCCC1)[C@@H](Cc1ccccc1)N(Cc1ccc(Br)cc1)C(=O)CSCc1ccc(Cl)cc1Cl. The van der Waals surface area contributed by atoms with Crippen LogP contribution in [-0.4, -0.2) is 34.6 Å². The van der Waals surface area contributed by atoms with E-state index in [1.807, 2.05) is 60.7 Å². The highest BCUT2D eigenvalue weighted by Crippen LogP contribution is 2.26. The number of benzene rings is 3. The number of amides is 2. The molecule has 206 valence electrons. The maximum absolute atomic E-state index is 13.8. The van der Waals surface area contributed by atoms with Gasteiger partial charge in [0.05, 0.1) is 5.75 Å². The second-order valence-corrected chi connectivity index (χ2v) is 12.7. The summed E-state index contributed by atoms with van der Waals surface area (Å²) < 4.78 is 0.968. The molecule has 3 aromatic carbocycles. The first-order chi connectivity index (χ1) is 18.9. The van der Waals surface area contributed by atoms with Gasteiger partial charge in [0.15, 0.2) is 0 Å². The van der Waals surface area contributed by atoms with Gasteiger partial charge >= 0.3 is 0 Å². The number of nitrogens with zero attached hydrogens (tertiary/aromatic N) is 1. The Morgan fingerprint density at radius 1 is 0.949 bits per heavy atom. The Bertz CT molecular complexity index is 1240. The van der Waals surface area contributed by atoms with E-state index in [1.165, 1.54) is 18.2 Å². The van der Waals surface area contributed by atoms with E-state index in [-0.39, 0.29) is 23.6 Å². The number of carbonyl (C=O) groups is 2. The third kappa shape index (κ3) is 9.28. The number of nitrogens with one attached hydrogen (secondary N) is 1. The van der Waals surface area contributed by atoms with Gasteiger partial charge in [0.1, 0.15) is 6.04 Å². The highest BCUT2D eigenvalue weighted by atomic mass is 79.9. The van der Waals surface area contributed by atoms with Gasteiger partial charge in [-0.3, -0.25) is 9.59 Å². The van der Waals surface area contributed by atoms with Crippen LogP contribution in [0.5, 0.6) is 0 Å². The van der Waals surface area contributed by atoms with Crippen LogP contribution in [0.2, 0.25) is 10.0 Å². The van der Waals surface area contributed by atoms with Crippen LogP contribution in [-0.2, 0) is 28.3 Å². The van der Waals surface area contributed by atoms with Gasteiger partial charge < -0.3 is 10.2 Å². The highest BCUT2D eigenvalue weighted by Gasteiger charge is 2.31. The summed E-state index contributed by atoms with van der Waals surface area (Å²) in [6.45, 7) is 0.351. The molecule has 0 radical (unpaired) electrons. The van der Waals surface area contributed by atoms with Crippen molar-refractivity contribution in [1.82, 2.24) is 10.2 Å². The van der Waals surface area contributed by atoms with Gasteiger partial charge in [0.25, 0.3) is 0 Å². The van der Waals surface area contributed by atoms with E-state index >= 15 is 0 Å². The van der Waals surface area contributed by atoms with Crippen molar-refractivity contribution in [3.05, 3.63) is 104 Å². The topological polar surface area (TPSA) is 49.4 Å². The van der Waals surface area contributed by atoms with Crippen LogP contribution in [0.3, 0.4) is 0 Å². The van der Waals surface area contributed by atoms with Gasteiger partial charge in [0.2, 0.25) is 11.8 Å². The van der Waals surface area contributed by atoms with Crippen molar-refractivity contribution >= 4 is 62.7 Å². The molecule has 1 fully saturated rings. The molecule has 0 bridgehead atoms. The van der Waals surface area contributed by atoms with Gasteiger partial charge in [-0.15, -0.1) is 11.8 Å². The molecule has 1 atom stereocenters. The Morgan fingerprint density at radius 3 is 2.36 bits per heavy atom. The minimum absolute atomic E-state index is 0.0762. The van der Waals surface area contributed by atoms with E-state index in [4.69, 9.17) is 23.2 Å². The Labute approximate surface area is 254 Å². The molecule has 4 nitrogen and oxygen atoms in total. The molecular formula is C31H33BrCl2N2O2S. The van der Waals surface area contributed by atoms with Gasteiger partial charge in [-0.25, -0.2) is 0 Å². The quantitative estimate of drug-likeness (QED) is 0.229. The smallest absolute Gasteiger partial charge is 0.243 e. The third-order valence-corrected chi connectivity index (χ3v) is 9.07. The number of hydrogen-bond acceptors (Lipinski definition) is 3. The Morgan fingerprint density at radius 2 is 1.67 bits per heavy atom. The fourth-order valence-corrected chi connectivity index (χ4v) is 6.59. The molecule has 2 amide bonds. The molecule has 0 saturated heterocycles. The van der Waals surface area contributed by atoms with Crippen molar-refractivity contribution in [1.29, 1.82) is 0 Å². The first-order valence-corrected chi connectivity index (χ1v) is 16.0. The zero-order chi connectivity index (χ0) is 27.6. The fraction of sp³-hybridized carbons (Fsp3) is 0.355. The van der Waals surface area contributed by atoms with Crippen molar-refractivity contribution in [2.24, 2.45) is 0 Å². The monoisotopic (exact) mass is 646 g/mol. The first kappa shape index (κ1) is 30.0. The van der Waals surface area contributed by atoms with Crippen LogP contribution in [0, 0.1) is 0 Å². The summed E-state index contributed by atoms with van der Waals surface area (Å²) in [7, 11) is 0. The fourth-order valence-electron chi connectivity index (χ4n) is 4.85. The van der Waals surface area contributed by atoms with Crippen LogP contribution >= 0.6 is 50.9 Å². The third-order valence-electron chi connectivity index (χ3n) is 6.99. The van der Waals surface area contributed by atoms with Crippen molar-refractivity contribution < 1.29 is 9.59 Å².